The van der Waals surface area contributed by atoms with E-state index in [2.05, 4.69) is 18.8 Å². The van der Waals surface area contributed by atoms with Gasteiger partial charge in [0.2, 0.25) is 0 Å². The van der Waals surface area contributed by atoms with Crippen LogP contribution in [0, 0.1) is 6.92 Å². The molecule has 0 amide bonds. The number of aryl methyl sites for hydroxylation is 1. The van der Waals surface area contributed by atoms with Crippen molar-refractivity contribution in [2.75, 3.05) is 0 Å². The van der Waals surface area contributed by atoms with Gasteiger partial charge in [-0.3, -0.25) is 4.57 Å². The van der Waals surface area contributed by atoms with Gasteiger partial charge in [0.25, 0.3) is 0 Å². The van der Waals surface area contributed by atoms with Crippen LogP contribution in [0.5, 0.6) is 11.8 Å². The molecule has 0 bridgehead atoms. The van der Waals surface area contributed by atoms with Gasteiger partial charge in [-0.1, -0.05) is 12.1 Å². The molecule has 0 aliphatic rings. The molecule has 0 N–H and O–H groups in total. The predicted molar refractivity (Wildman–Crippen MR) is 63.9 cm³/mol. The Balaban J connectivity index is 2.24. The Hall–Kier alpha value is -1.77. The fraction of sp³-hybridized carbons (Fsp3) is 0.308. The maximum absolute atomic E-state index is 5.74. The largest absolute Gasteiger partial charge is 0.426 e. The molecule has 0 saturated heterocycles. The van der Waals surface area contributed by atoms with E-state index >= 15 is 0 Å². The molecular formula is C13H16N2O. The summed E-state index contributed by atoms with van der Waals surface area (Å²) in [5.74, 6) is 0.827. The highest BCUT2D eigenvalue weighted by Gasteiger charge is 2.07. The molecule has 1 heterocycles. The number of hydrogen-bond donors (Lipinski definition) is 0. The summed E-state index contributed by atoms with van der Waals surface area (Å²) in [6, 6.07) is 8.95. The van der Waals surface area contributed by atoms with Crippen LogP contribution in [-0.2, 0) is 0 Å². The summed E-state index contributed by atoms with van der Waals surface area (Å²) in [6.07, 6.45) is 3.68. The lowest BCUT2D eigenvalue weighted by atomic mass is 10.2. The topological polar surface area (TPSA) is 27.1 Å². The van der Waals surface area contributed by atoms with E-state index in [-0.39, 0.29) is 0 Å². The zero-order valence-corrected chi connectivity index (χ0v) is 9.84. The van der Waals surface area contributed by atoms with Crippen molar-refractivity contribution in [1.29, 1.82) is 0 Å². The summed E-state index contributed by atoms with van der Waals surface area (Å²) in [4.78, 5) is 4.20. The van der Waals surface area contributed by atoms with Crippen LogP contribution in [0.3, 0.4) is 0 Å². The zero-order chi connectivity index (χ0) is 11.5. The fourth-order valence-electron chi connectivity index (χ4n) is 1.56. The van der Waals surface area contributed by atoms with Crippen LogP contribution in [0.1, 0.15) is 25.5 Å². The average Bonchev–Trinajstić information content (AvgIpc) is 2.66. The molecule has 0 aliphatic carbocycles. The molecule has 0 aliphatic heterocycles. The molecule has 84 valence electrons. The summed E-state index contributed by atoms with van der Waals surface area (Å²) in [6.45, 7) is 6.25. The van der Waals surface area contributed by atoms with Crippen molar-refractivity contribution in [3.8, 4) is 11.8 Å². The van der Waals surface area contributed by atoms with Crippen LogP contribution < -0.4 is 4.74 Å². The van der Waals surface area contributed by atoms with Crippen LogP contribution in [-0.4, -0.2) is 9.55 Å². The van der Waals surface area contributed by atoms with E-state index < -0.39 is 0 Å². The quantitative estimate of drug-likeness (QED) is 0.784. The normalized spacial score (nSPS) is 10.8. The minimum atomic E-state index is 0.349. The fourth-order valence-corrected chi connectivity index (χ4v) is 1.56. The number of hydrogen-bond acceptors (Lipinski definition) is 2. The first-order valence-corrected chi connectivity index (χ1v) is 5.44. The highest BCUT2D eigenvalue weighted by molar-refractivity contribution is 5.29. The van der Waals surface area contributed by atoms with Crippen LogP contribution in [0.4, 0.5) is 0 Å². The van der Waals surface area contributed by atoms with Crippen molar-refractivity contribution in [1.82, 2.24) is 9.55 Å². The van der Waals surface area contributed by atoms with Crippen molar-refractivity contribution in [2.24, 2.45) is 0 Å². The van der Waals surface area contributed by atoms with E-state index in [0.717, 1.165) is 5.75 Å². The van der Waals surface area contributed by atoms with Gasteiger partial charge >= 0.3 is 6.01 Å². The highest BCUT2D eigenvalue weighted by atomic mass is 16.5. The van der Waals surface area contributed by atoms with Crippen LogP contribution in [0.15, 0.2) is 36.7 Å². The SMILES string of the molecule is Cc1cccc(Oc2nccn2C(C)C)c1. The molecule has 0 radical (unpaired) electrons. The van der Waals surface area contributed by atoms with Crippen LogP contribution in [0.25, 0.3) is 0 Å². The Morgan fingerprint density at radius 2 is 2.12 bits per heavy atom. The molecule has 1 aromatic heterocycles. The van der Waals surface area contributed by atoms with Gasteiger partial charge in [-0.05, 0) is 38.5 Å². The van der Waals surface area contributed by atoms with Crippen LogP contribution >= 0.6 is 0 Å². The lowest BCUT2D eigenvalue weighted by molar-refractivity contribution is 0.395. The van der Waals surface area contributed by atoms with E-state index in [0.29, 0.717) is 12.1 Å². The number of ether oxygens (including phenoxy) is 1. The van der Waals surface area contributed by atoms with Crippen molar-refractivity contribution in [3.63, 3.8) is 0 Å². The first kappa shape index (κ1) is 10.7. The molecule has 3 heteroatoms. The van der Waals surface area contributed by atoms with E-state index in [9.17, 15) is 0 Å². The Morgan fingerprint density at radius 1 is 1.31 bits per heavy atom. The summed E-state index contributed by atoms with van der Waals surface area (Å²) >= 11 is 0. The lowest BCUT2D eigenvalue weighted by Crippen LogP contribution is -2.02. The molecule has 0 spiro atoms. The number of rotatable bonds is 3. The molecule has 0 atom stereocenters. The van der Waals surface area contributed by atoms with Gasteiger partial charge in [0.05, 0.1) is 0 Å². The minimum Gasteiger partial charge on any atom is -0.426 e. The summed E-state index contributed by atoms with van der Waals surface area (Å²) in [7, 11) is 0. The smallest absolute Gasteiger partial charge is 0.302 e. The number of benzene rings is 1. The van der Waals surface area contributed by atoms with Crippen molar-refractivity contribution < 1.29 is 4.74 Å². The third kappa shape index (κ3) is 2.24. The van der Waals surface area contributed by atoms with Gasteiger partial charge in [-0.15, -0.1) is 0 Å². The number of imidazole rings is 1. The second kappa shape index (κ2) is 4.39. The van der Waals surface area contributed by atoms with Gasteiger partial charge in [0, 0.05) is 18.4 Å². The van der Waals surface area contributed by atoms with Crippen molar-refractivity contribution in [2.45, 2.75) is 26.8 Å². The number of nitrogens with zero attached hydrogens (tertiary/aromatic N) is 2. The van der Waals surface area contributed by atoms with Gasteiger partial charge in [-0.2, -0.15) is 0 Å². The first-order chi connectivity index (χ1) is 7.66. The van der Waals surface area contributed by atoms with Crippen LogP contribution in [0.2, 0.25) is 0 Å². The third-order valence-corrected chi connectivity index (χ3v) is 2.39. The summed E-state index contributed by atoms with van der Waals surface area (Å²) in [5.41, 5.74) is 1.18. The second-order valence-electron chi connectivity index (χ2n) is 4.13. The molecule has 16 heavy (non-hydrogen) atoms. The molecule has 2 aromatic rings. The molecule has 3 nitrogen and oxygen atoms in total. The Morgan fingerprint density at radius 3 is 2.81 bits per heavy atom. The molecule has 0 saturated carbocycles. The summed E-state index contributed by atoms with van der Waals surface area (Å²) in [5, 5.41) is 0. The van der Waals surface area contributed by atoms with Gasteiger partial charge < -0.3 is 4.74 Å². The Bertz CT molecular complexity index is 474. The Kier molecular flexibility index (Phi) is 2.95. The van der Waals surface area contributed by atoms with E-state index in [1.54, 1.807) is 6.20 Å². The standard InChI is InChI=1S/C13H16N2O/c1-10(2)15-8-7-14-13(15)16-12-6-4-5-11(3)9-12/h4-10H,1-3H3. The molecule has 1 aromatic carbocycles. The highest BCUT2D eigenvalue weighted by Crippen LogP contribution is 2.22. The first-order valence-electron chi connectivity index (χ1n) is 5.44. The summed E-state index contributed by atoms with van der Waals surface area (Å²) < 4.78 is 7.75. The molecule has 2 rings (SSSR count). The minimum absolute atomic E-state index is 0.349. The van der Waals surface area contributed by atoms with Gasteiger partial charge in [0.15, 0.2) is 0 Å². The second-order valence-corrected chi connectivity index (χ2v) is 4.13. The third-order valence-electron chi connectivity index (χ3n) is 2.39. The number of aromatic nitrogens is 2. The lowest BCUT2D eigenvalue weighted by Gasteiger charge is -2.11. The zero-order valence-electron chi connectivity index (χ0n) is 9.84. The maximum Gasteiger partial charge on any atom is 0.302 e. The van der Waals surface area contributed by atoms with Crippen molar-refractivity contribution in [3.05, 3.63) is 42.2 Å². The van der Waals surface area contributed by atoms with Gasteiger partial charge in [-0.25, -0.2) is 4.98 Å². The average molecular weight is 216 g/mol. The van der Waals surface area contributed by atoms with Gasteiger partial charge in [0.1, 0.15) is 5.75 Å². The molecular weight excluding hydrogens is 200 g/mol. The Labute approximate surface area is 95.7 Å². The maximum atomic E-state index is 5.74. The molecule has 0 unspecified atom stereocenters. The van der Waals surface area contributed by atoms with E-state index in [1.165, 1.54) is 5.56 Å². The predicted octanol–water partition coefficient (Wildman–Crippen LogP) is 3.56. The monoisotopic (exact) mass is 216 g/mol. The van der Waals surface area contributed by atoms with E-state index in [4.69, 9.17) is 4.74 Å². The van der Waals surface area contributed by atoms with E-state index in [1.807, 2.05) is 42.0 Å². The van der Waals surface area contributed by atoms with Crippen molar-refractivity contribution >= 4 is 0 Å². The molecule has 0 fully saturated rings.